The highest BCUT2D eigenvalue weighted by atomic mass is 19.4. The van der Waals surface area contributed by atoms with Gasteiger partial charge in [-0.05, 0) is 92.2 Å². The average Bonchev–Trinajstić information content (AvgIpc) is 3.77. The van der Waals surface area contributed by atoms with E-state index in [1.54, 1.807) is 19.1 Å². The van der Waals surface area contributed by atoms with Gasteiger partial charge in [0, 0.05) is 41.3 Å². The van der Waals surface area contributed by atoms with E-state index in [0.717, 1.165) is 27.9 Å². The van der Waals surface area contributed by atoms with Gasteiger partial charge in [0.2, 0.25) is 0 Å². The maximum absolute atomic E-state index is 13.5. The number of esters is 1. The standard InChI is InChI=1S/C36H35F3N4O5/c1-7-19-15(2)22-13-27-32(29(45)14-30(46)36(37,38)39)17(4)24(41-27)11-23-16(3)20(8-9-31(47)48-6)34(42-23)21-10-28(44)33-18(5)25(43-35(21)33)12-26(19)40-22/h11-13,30,41,45-46H,7-10,14H2,1-6H3/b23-11?,26-12?,27-13?,32-29-. The van der Waals surface area contributed by atoms with Gasteiger partial charge in [-0.3, -0.25) is 9.59 Å². The maximum atomic E-state index is 13.5. The highest BCUT2D eigenvalue weighted by molar-refractivity contribution is 6.29. The van der Waals surface area contributed by atoms with E-state index in [1.165, 1.54) is 7.11 Å². The number of H-pyrrole nitrogens is 1. The van der Waals surface area contributed by atoms with Gasteiger partial charge < -0.3 is 19.9 Å². The van der Waals surface area contributed by atoms with E-state index in [-0.39, 0.29) is 30.3 Å². The number of hydrogen-bond donors (Lipinski definition) is 3. The molecule has 0 aromatic carbocycles. The van der Waals surface area contributed by atoms with Crippen molar-refractivity contribution in [3.8, 4) is 0 Å². The lowest BCUT2D eigenvalue weighted by Gasteiger charge is -2.13. The number of ether oxygens (including phenoxy) is 1. The number of allylic oxidation sites excluding steroid dienone is 8. The van der Waals surface area contributed by atoms with Crippen LogP contribution in [0.4, 0.5) is 13.2 Å². The Labute approximate surface area is 274 Å². The summed E-state index contributed by atoms with van der Waals surface area (Å²) in [6, 6.07) is 0. The number of nitrogens with zero attached hydrogens (tertiary/aromatic N) is 3. The topological polar surface area (TPSA) is 137 Å². The van der Waals surface area contributed by atoms with E-state index in [9.17, 15) is 33.0 Å². The molecule has 6 rings (SSSR count). The van der Waals surface area contributed by atoms with E-state index in [0.29, 0.717) is 68.4 Å². The minimum Gasteiger partial charge on any atom is -0.511 e. The molecule has 0 fully saturated rings. The number of methoxy groups -OCH3 is 1. The van der Waals surface area contributed by atoms with Crippen molar-refractivity contribution in [1.82, 2.24) is 4.98 Å². The van der Waals surface area contributed by atoms with Crippen LogP contribution in [0.2, 0.25) is 0 Å². The second kappa shape index (κ2) is 12.0. The molecule has 0 saturated heterocycles. The Morgan fingerprint density at radius 3 is 2.38 bits per heavy atom. The highest BCUT2D eigenvalue weighted by Gasteiger charge is 2.40. The Morgan fingerprint density at radius 1 is 1.00 bits per heavy atom. The van der Waals surface area contributed by atoms with Gasteiger partial charge in [-0.25, -0.2) is 15.0 Å². The van der Waals surface area contributed by atoms with Gasteiger partial charge in [-0.1, -0.05) is 6.92 Å². The van der Waals surface area contributed by atoms with Crippen LogP contribution in [-0.2, 0) is 14.3 Å². The highest BCUT2D eigenvalue weighted by Crippen LogP contribution is 2.43. The number of aromatic amines is 1. The zero-order valence-corrected chi connectivity index (χ0v) is 27.4. The Balaban J connectivity index is 1.67. The van der Waals surface area contributed by atoms with Crippen LogP contribution >= 0.6 is 0 Å². The number of carbonyl (C=O) groups excluding carboxylic acids is 2. The predicted octanol–water partition coefficient (Wildman–Crippen LogP) is 5.22. The minimum atomic E-state index is -4.92. The van der Waals surface area contributed by atoms with E-state index < -0.39 is 30.4 Å². The summed E-state index contributed by atoms with van der Waals surface area (Å²) in [5.74, 6) is -1.11. The molecule has 250 valence electrons. The van der Waals surface area contributed by atoms with Gasteiger partial charge in [0.25, 0.3) is 0 Å². The lowest BCUT2D eigenvalue weighted by Crippen LogP contribution is -2.33. The number of alkyl halides is 3. The summed E-state index contributed by atoms with van der Waals surface area (Å²) >= 11 is 0. The number of ketones is 1. The molecule has 4 aliphatic heterocycles. The second-order valence-corrected chi connectivity index (χ2v) is 12.4. The third kappa shape index (κ3) is 5.47. The summed E-state index contributed by atoms with van der Waals surface area (Å²) in [4.78, 5) is 43.7. The third-order valence-corrected chi connectivity index (χ3v) is 9.52. The Morgan fingerprint density at radius 2 is 1.71 bits per heavy atom. The lowest BCUT2D eigenvalue weighted by atomic mass is 9.95. The Bertz CT molecular complexity index is 2130. The molecule has 5 aliphatic rings. The second-order valence-electron chi connectivity index (χ2n) is 12.4. The van der Waals surface area contributed by atoms with Crippen LogP contribution in [-0.4, -0.2) is 63.5 Å². The molecule has 1 aliphatic carbocycles. The van der Waals surface area contributed by atoms with E-state index in [1.807, 2.05) is 33.8 Å². The monoisotopic (exact) mass is 660 g/mol. The van der Waals surface area contributed by atoms with Gasteiger partial charge in [-0.15, -0.1) is 0 Å². The molecular weight excluding hydrogens is 625 g/mol. The average molecular weight is 661 g/mol. The fraction of sp³-hybridized carbons (Fsp3) is 0.361. The maximum Gasteiger partial charge on any atom is 0.414 e. The van der Waals surface area contributed by atoms with Crippen molar-refractivity contribution in [1.29, 1.82) is 0 Å². The van der Waals surface area contributed by atoms with E-state index in [4.69, 9.17) is 19.7 Å². The molecule has 1 unspecified atom stereocenters. The van der Waals surface area contributed by atoms with E-state index in [2.05, 4.69) is 4.98 Å². The van der Waals surface area contributed by atoms with Crippen molar-refractivity contribution in [3.63, 3.8) is 0 Å². The van der Waals surface area contributed by atoms with Crippen LogP contribution in [0.1, 0.15) is 71.1 Å². The van der Waals surface area contributed by atoms with Gasteiger partial charge in [0.15, 0.2) is 11.9 Å². The first-order chi connectivity index (χ1) is 22.6. The molecule has 8 bridgehead atoms. The largest absolute Gasteiger partial charge is 0.511 e. The van der Waals surface area contributed by atoms with Crippen LogP contribution in [0.25, 0.3) is 17.9 Å². The molecule has 0 spiro atoms. The van der Waals surface area contributed by atoms with Crippen LogP contribution < -0.4 is 10.6 Å². The third-order valence-electron chi connectivity index (χ3n) is 9.52. The number of hydrogen-bond acceptors (Lipinski definition) is 8. The summed E-state index contributed by atoms with van der Waals surface area (Å²) in [6.45, 7) is 9.25. The summed E-state index contributed by atoms with van der Waals surface area (Å²) in [5.41, 5.74) is 9.48. The van der Waals surface area contributed by atoms with Crippen molar-refractivity contribution in [3.05, 3.63) is 84.0 Å². The molecule has 3 N–H and O–H groups in total. The molecule has 48 heavy (non-hydrogen) atoms. The zero-order chi connectivity index (χ0) is 34.8. The number of rotatable bonds is 6. The van der Waals surface area contributed by atoms with Crippen molar-refractivity contribution in [2.75, 3.05) is 7.11 Å². The van der Waals surface area contributed by atoms with Crippen molar-refractivity contribution < 1.29 is 37.7 Å². The fourth-order valence-corrected chi connectivity index (χ4v) is 6.82. The Kier molecular flexibility index (Phi) is 8.27. The Hall–Kier alpha value is -4.84. The quantitative estimate of drug-likeness (QED) is 0.360. The molecule has 9 nitrogen and oxygen atoms in total. The smallest absolute Gasteiger partial charge is 0.414 e. The number of nitrogens with one attached hydrogen (secondary N) is 1. The predicted molar refractivity (Wildman–Crippen MR) is 177 cm³/mol. The molecule has 1 aromatic heterocycles. The van der Waals surface area contributed by atoms with E-state index >= 15 is 0 Å². The fourth-order valence-electron chi connectivity index (χ4n) is 6.82. The summed E-state index contributed by atoms with van der Waals surface area (Å²) in [7, 11) is 1.31. The molecule has 1 atom stereocenters. The minimum absolute atomic E-state index is 0.0752. The first-order valence-corrected chi connectivity index (χ1v) is 15.7. The first-order valence-electron chi connectivity index (χ1n) is 15.7. The first kappa shape index (κ1) is 33.1. The molecule has 5 heterocycles. The van der Waals surface area contributed by atoms with Crippen molar-refractivity contribution >= 4 is 46.8 Å². The number of fused-ring (bicyclic) bond motifs is 5. The van der Waals surface area contributed by atoms with Crippen LogP contribution in [0, 0.1) is 6.92 Å². The van der Waals surface area contributed by atoms with Gasteiger partial charge in [0.1, 0.15) is 5.76 Å². The van der Waals surface area contributed by atoms with Gasteiger partial charge >= 0.3 is 12.1 Å². The SMILES string of the molecule is CCC1=C(C)C2=NC1=CC1=NC3=C(CC(=O)C3=C1C)C1=NC(=Cc3[nH]c(/c(=C(\O)CC(O)C(F)(F)F)c3C)=C2)C(C)=C1CCC(=O)OC. The van der Waals surface area contributed by atoms with Crippen LogP contribution in [0.15, 0.2) is 77.2 Å². The molecule has 12 heteroatoms. The molecule has 0 radical (unpaired) electrons. The molecule has 0 amide bonds. The van der Waals surface area contributed by atoms with Gasteiger partial charge in [-0.2, -0.15) is 13.2 Å². The molecular formula is C36H35F3N4O5. The summed E-state index contributed by atoms with van der Waals surface area (Å²) in [6.07, 6.45) is -2.40. The number of aliphatic imine (C=N–C) groups is 3. The number of aromatic nitrogens is 1. The molecule has 0 saturated carbocycles. The van der Waals surface area contributed by atoms with Crippen molar-refractivity contribution in [2.45, 2.75) is 79.0 Å². The summed E-state index contributed by atoms with van der Waals surface area (Å²) < 4.78 is 44.9. The van der Waals surface area contributed by atoms with Crippen LogP contribution in [0.5, 0.6) is 0 Å². The number of aliphatic hydroxyl groups is 2. The van der Waals surface area contributed by atoms with Crippen molar-refractivity contribution in [2.24, 2.45) is 15.0 Å². The van der Waals surface area contributed by atoms with Gasteiger partial charge in [0.05, 0.1) is 46.7 Å². The number of Topliss-reactive ketones (excluding diaryl/α,β-unsaturated/α-hetero) is 1. The normalized spacial score (nSPS) is 20.2. The molecule has 1 aromatic rings. The van der Waals surface area contributed by atoms with Crippen LogP contribution in [0.3, 0.4) is 0 Å². The lowest BCUT2D eigenvalue weighted by molar-refractivity contribution is -0.202. The number of halogens is 3. The number of aliphatic hydroxyl groups excluding tert-OH is 2. The zero-order valence-electron chi connectivity index (χ0n) is 27.4. The summed E-state index contributed by atoms with van der Waals surface area (Å²) in [5, 5.41) is 21.3. The number of carbonyl (C=O) groups is 2.